The normalized spacial score (nSPS) is 22.6. The molecule has 0 saturated carbocycles. The molecule has 0 aliphatic carbocycles. The second kappa shape index (κ2) is 6.75. The summed E-state index contributed by atoms with van der Waals surface area (Å²) in [6.07, 6.45) is 0.860. The first-order chi connectivity index (χ1) is 11.8. The van der Waals surface area contributed by atoms with E-state index in [0.29, 0.717) is 6.04 Å². The summed E-state index contributed by atoms with van der Waals surface area (Å²) in [6.45, 7) is 3.19. The van der Waals surface area contributed by atoms with Gasteiger partial charge in [0.25, 0.3) is 0 Å². The first kappa shape index (κ1) is 15.4. The summed E-state index contributed by atoms with van der Waals surface area (Å²) in [7, 11) is 0. The van der Waals surface area contributed by atoms with Crippen LogP contribution in [0.3, 0.4) is 0 Å². The predicted octanol–water partition coefficient (Wildman–Crippen LogP) is 2.05. The summed E-state index contributed by atoms with van der Waals surface area (Å²) < 4.78 is 0. The number of nitrogens with zero attached hydrogens (tertiary/aromatic N) is 1. The molecule has 124 valence electrons. The first-order valence-electron chi connectivity index (χ1n) is 8.66. The van der Waals surface area contributed by atoms with Gasteiger partial charge in [-0.25, -0.2) is 0 Å². The lowest BCUT2D eigenvalue weighted by Gasteiger charge is -2.20. The van der Waals surface area contributed by atoms with Crippen LogP contribution < -0.4 is 10.6 Å². The van der Waals surface area contributed by atoms with Crippen molar-refractivity contribution < 1.29 is 4.79 Å². The van der Waals surface area contributed by atoms with Crippen LogP contribution in [-0.4, -0.2) is 29.4 Å². The number of amides is 1. The predicted molar refractivity (Wildman–Crippen MR) is 94.2 cm³/mol. The van der Waals surface area contributed by atoms with E-state index in [1.807, 2.05) is 23.1 Å². The Hall–Kier alpha value is -2.17. The SMILES string of the molecule is O=C([C@@H]1C[C@@H](NCc2ccccc2)CN1)N1Cc2ccccc2C1. The van der Waals surface area contributed by atoms with Crippen molar-refractivity contribution in [3.05, 3.63) is 71.3 Å². The third-order valence-corrected chi connectivity index (χ3v) is 5.02. The molecular formula is C20H23N3O. The number of rotatable bonds is 4. The Bertz CT molecular complexity index is 691. The highest BCUT2D eigenvalue weighted by Gasteiger charge is 2.34. The minimum Gasteiger partial charge on any atom is -0.333 e. The van der Waals surface area contributed by atoms with E-state index in [1.54, 1.807) is 0 Å². The zero-order valence-electron chi connectivity index (χ0n) is 13.7. The Morgan fingerprint density at radius 3 is 2.42 bits per heavy atom. The third kappa shape index (κ3) is 3.21. The van der Waals surface area contributed by atoms with Gasteiger partial charge in [-0.1, -0.05) is 54.6 Å². The maximum atomic E-state index is 12.8. The average Bonchev–Trinajstić information content (AvgIpc) is 3.27. The molecule has 0 radical (unpaired) electrons. The Morgan fingerprint density at radius 2 is 1.71 bits per heavy atom. The minimum atomic E-state index is -0.0624. The smallest absolute Gasteiger partial charge is 0.240 e. The second-order valence-corrected chi connectivity index (χ2v) is 6.72. The Labute approximate surface area is 142 Å². The lowest BCUT2D eigenvalue weighted by atomic mass is 10.1. The molecule has 0 bridgehead atoms. The van der Waals surface area contributed by atoms with Gasteiger partial charge in [-0.2, -0.15) is 0 Å². The molecule has 2 atom stereocenters. The summed E-state index contributed by atoms with van der Waals surface area (Å²) in [5, 5.41) is 6.95. The van der Waals surface area contributed by atoms with Crippen molar-refractivity contribution in [3.8, 4) is 0 Å². The number of fused-ring (bicyclic) bond motifs is 1. The molecule has 0 aromatic heterocycles. The van der Waals surface area contributed by atoms with Crippen LogP contribution in [-0.2, 0) is 24.4 Å². The molecule has 4 heteroatoms. The third-order valence-electron chi connectivity index (χ3n) is 5.02. The second-order valence-electron chi connectivity index (χ2n) is 6.72. The van der Waals surface area contributed by atoms with Crippen LogP contribution in [0.25, 0.3) is 0 Å². The summed E-state index contributed by atoms with van der Waals surface area (Å²) in [6, 6.07) is 19.0. The van der Waals surface area contributed by atoms with Crippen LogP contribution in [0.2, 0.25) is 0 Å². The molecular weight excluding hydrogens is 298 g/mol. The maximum absolute atomic E-state index is 12.8. The van der Waals surface area contributed by atoms with Gasteiger partial charge >= 0.3 is 0 Å². The standard InChI is InChI=1S/C20H23N3O/c24-20(23-13-16-8-4-5-9-17(16)14-23)19-10-18(12-22-19)21-11-15-6-2-1-3-7-15/h1-9,18-19,21-22H,10-14H2/t18-,19+/m1/s1. The number of hydrogen-bond donors (Lipinski definition) is 2. The van der Waals surface area contributed by atoms with Gasteiger partial charge < -0.3 is 15.5 Å². The van der Waals surface area contributed by atoms with E-state index in [2.05, 4.69) is 47.0 Å². The van der Waals surface area contributed by atoms with E-state index in [0.717, 1.165) is 32.6 Å². The van der Waals surface area contributed by atoms with Crippen LogP contribution in [0.15, 0.2) is 54.6 Å². The van der Waals surface area contributed by atoms with E-state index in [-0.39, 0.29) is 11.9 Å². The molecule has 4 rings (SSSR count). The van der Waals surface area contributed by atoms with E-state index in [9.17, 15) is 4.79 Å². The molecule has 1 amide bonds. The first-order valence-corrected chi connectivity index (χ1v) is 8.66. The molecule has 2 aliphatic rings. The molecule has 2 N–H and O–H groups in total. The maximum Gasteiger partial charge on any atom is 0.240 e. The van der Waals surface area contributed by atoms with Crippen molar-refractivity contribution in [1.82, 2.24) is 15.5 Å². The van der Waals surface area contributed by atoms with Gasteiger partial charge in [0, 0.05) is 32.2 Å². The van der Waals surface area contributed by atoms with Gasteiger partial charge in [-0.15, -0.1) is 0 Å². The van der Waals surface area contributed by atoms with Gasteiger partial charge in [0.05, 0.1) is 6.04 Å². The van der Waals surface area contributed by atoms with E-state index >= 15 is 0 Å². The van der Waals surface area contributed by atoms with E-state index < -0.39 is 0 Å². The summed E-state index contributed by atoms with van der Waals surface area (Å²) >= 11 is 0. The molecule has 2 aliphatic heterocycles. The molecule has 24 heavy (non-hydrogen) atoms. The highest BCUT2D eigenvalue weighted by atomic mass is 16.2. The molecule has 2 aromatic rings. The van der Waals surface area contributed by atoms with Crippen molar-refractivity contribution in [3.63, 3.8) is 0 Å². The molecule has 2 aromatic carbocycles. The fourth-order valence-corrected chi connectivity index (χ4v) is 3.65. The monoisotopic (exact) mass is 321 g/mol. The lowest BCUT2D eigenvalue weighted by molar-refractivity contribution is -0.133. The quantitative estimate of drug-likeness (QED) is 0.906. The van der Waals surface area contributed by atoms with Crippen LogP contribution in [0, 0.1) is 0 Å². The van der Waals surface area contributed by atoms with Crippen molar-refractivity contribution in [1.29, 1.82) is 0 Å². The molecule has 4 nitrogen and oxygen atoms in total. The largest absolute Gasteiger partial charge is 0.333 e. The van der Waals surface area contributed by atoms with Crippen molar-refractivity contribution in [2.24, 2.45) is 0 Å². The molecule has 0 unspecified atom stereocenters. The summed E-state index contributed by atoms with van der Waals surface area (Å²) in [4.78, 5) is 14.7. The summed E-state index contributed by atoms with van der Waals surface area (Å²) in [5.74, 6) is 0.232. The van der Waals surface area contributed by atoms with E-state index in [4.69, 9.17) is 0 Å². The fraction of sp³-hybridized carbons (Fsp3) is 0.350. The van der Waals surface area contributed by atoms with Gasteiger partial charge in [0.1, 0.15) is 0 Å². The Morgan fingerprint density at radius 1 is 1.04 bits per heavy atom. The fourth-order valence-electron chi connectivity index (χ4n) is 3.65. The van der Waals surface area contributed by atoms with E-state index in [1.165, 1.54) is 16.7 Å². The molecule has 2 heterocycles. The Balaban J connectivity index is 1.30. The van der Waals surface area contributed by atoms with Crippen LogP contribution in [0.4, 0.5) is 0 Å². The van der Waals surface area contributed by atoms with Crippen LogP contribution >= 0.6 is 0 Å². The van der Waals surface area contributed by atoms with Crippen molar-refractivity contribution in [2.75, 3.05) is 6.54 Å². The average molecular weight is 321 g/mol. The highest BCUT2D eigenvalue weighted by Crippen LogP contribution is 2.24. The van der Waals surface area contributed by atoms with Crippen LogP contribution in [0.5, 0.6) is 0 Å². The molecule has 0 spiro atoms. The minimum absolute atomic E-state index is 0.0624. The number of nitrogens with one attached hydrogen (secondary N) is 2. The lowest BCUT2D eigenvalue weighted by Crippen LogP contribution is -2.40. The van der Waals surface area contributed by atoms with Crippen molar-refractivity contribution >= 4 is 5.91 Å². The summed E-state index contributed by atoms with van der Waals surface area (Å²) in [5.41, 5.74) is 3.84. The topological polar surface area (TPSA) is 44.4 Å². The number of benzene rings is 2. The van der Waals surface area contributed by atoms with Gasteiger partial charge in [-0.3, -0.25) is 4.79 Å². The number of hydrogen-bond acceptors (Lipinski definition) is 3. The van der Waals surface area contributed by atoms with Gasteiger partial charge in [0.2, 0.25) is 5.91 Å². The number of carbonyl (C=O) groups is 1. The Kier molecular flexibility index (Phi) is 4.32. The van der Waals surface area contributed by atoms with Gasteiger partial charge in [-0.05, 0) is 23.1 Å². The number of carbonyl (C=O) groups excluding carboxylic acids is 1. The zero-order valence-corrected chi connectivity index (χ0v) is 13.7. The highest BCUT2D eigenvalue weighted by molar-refractivity contribution is 5.83. The molecule has 1 fully saturated rings. The van der Waals surface area contributed by atoms with Crippen molar-refractivity contribution in [2.45, 2.75) is 38.1 Å². The zero-order chi connectivity index (χ0) is 16.4. The van der Waals surface area contributed by atoms with Gasteiger partial charge in [0.15, 0.2) is 0 Å². The van der Waals surface area contributed by atoms with Crippen LogP contribution in [0.1, 0.15) is 23.1 Å². The molecule has 1 saturated heterocycles.